The maximum atomic E-state index is 11.2. The molecule has 1 aromatic heterocycles. The second-order valence-corrected chi connectivity index (χ2v) is 3.79. The van der Waals surface area contributed by atoms with Crippen LogP contribution >= 0.6 is 15.9 Å². The van der Waals surface area contributed by atoms with E-state index in [9.17, 15) is 4.79 Å². The van der Waals surface area contributed by atoms with Gasteiger partial charge in [0.05, 0.1) is 0 Å². The van der Waals surface area contributed by atoms with Gasteiger partial charge in [0.15, 0.2) is 6.20 Å². The highest BCUT2D eigenvalue weighted by Crippen LogP contribution is 2.19. The van der Waals surface area contributed by atoms with E-state index >= 15 is 0 Å². The van der Waals surface area contributed by atoms with Crippen LogP contribution in [0.5, 0.6) is 5.75 Å². The van der Waals surface area contributed by atoms with Crippen molar-refractivity contribution in [2.75, 3.05) is 14.1 Å². The first-order valence-corrected chi connectivity index (χ1v) is 4.85. The van der Waals surface area contributed by atoms with Crippen molar-refractivity contribution in [1.82, 2.24) is 4.90 Å². The van der Waals surface area contributed by atoms with Crippen molar-refractivity contribution in [2.24, 2.45) is 7.05 Å². The molecule has 1 aromatic rings. The standard InChI is InChI=1S/C9H12BrN2O2/c1-11(2)9(13)14-7-5-4-6-12(3)8(7)10/h4-6H,1-3H3/q+1. The maximum absolute atomic E-state index is 11.2. The molecule has 1 heterocycles. The van der Waals surface area contributed by atoms with Crippen molar-refractivity contribution in [3.63, 3.8) is 0 Å². The van der Waals surface area contributed by atoms with Gasteiger partial charge >= 0.3 is 6.09 Å². The quantitative estimate of drug-likeness (QED) is 0.564. The smallest absolute Gasteiger partial charge is 0.402 e. The van der Waals surface area contributed by atoms with Gasteiger partial charge in [-0.05, 0) is 6.07 Å². The van der Waals surface area contributed by atoms with Crippen LogP contribution in [0.2, 0.25) is 0 Å². The highest BCUT2D eigenvalue weighted by Gasteiger charge is 2.15. The van der Waals surface area contributed by atoms with Crippen molar-refractivity contribution >= 4 is 22.0 Å². The lowest BCUT2D eigenvalue weighted by Gasteiger charge is -2.10. The number of rotatable bonds is 1. The number of aromatic nitrogens is 1. The van der Waals surface area contributed by atoms with Gasteiger partial charge in [0.25, 0.3) is 4.60 Å². The molecule has 0 aromatic carbocycles. The third kappa shape index (κ3) is 2.45. The molecule has 4 nitrogen and oxygen atoms in total. The highest BCUT2D eigenvalue weighted by molar-refractivity contribution is 9.10. The molecule has 76 valence electrons. The topological polar surface area (TPSA) is 33.4 Å². The molecule has 0 aliphatic rings. The lowest BCUT2D eigenvalue weighted by Crippen LogP contribution is -2.31. The van der Waals surface area contributed by atoms with Gasteiger partial charge in [-0.25, -0.2) is 4.79 Å². The van der Waals surface area contributed by atoms with Gasteiger partial charge in [-0.1, -0.05) is 0 Å². The molecule has 0 aliphatic heterocycles. The number of hydrogen-bond donors (Lipinski definition) is 0. The first-order valence-electron chi connectivity index (χ1n) is 4.05. The molecule has 0 spiro atoms. The molecular weight excluding hydrogens is 248 g/mol. The third-order valence-corrected chi connectivity index (χ3v) is 2.58. The van der Waals surface area contributed by atoms with E-state index < -0.39 is 6.09 Å². The second-order valence-electron chi connectivity index (χ2n) is 3.04. The van der Waals surface area contributed by atoms with Crippen molar-refractivity contribution in [2.45, 2.75) is 0 Å². The van der Waals surface area contributed by atoms with Crippen LogP contribution in [-0.2, 0) is 7.05 Å². The highest BCUT2D eigenvalue weighted by atomic mass is 79.9. The van der Waals surface area contributed by atoms with Crippen LogP contribution in [-0.4, -0.2) is 25.1 Å². The normalized spacial score (nSPS) is 9.71. The van der Waals surface area contributed by atoms with Crippen molar-refractivity contribution < 1.29 is 14.1 Å². The van der Waals surface area contributed by atoms with E-state index in [1.165, 1.54) is 4.90 Å². The van der Waals surface area contributed by atoms with E-state index in [4.69, 9.17) is 4.74 Å². The molecule has 0 atom stereocenters. The predicted molar refractivity (Wildman–Crippen MR) is 55.0 cm³/mol. The summed E-state index contributed by atoms with van der Waals surface area (Å²) < 4.78 is 7.66. The molecule has 0 aliphatic carbocycles. The number of ether oxygens (including phenoxy) is 1. The summed E-state index contributed by atoms with van der Waals surface area (Å²) in [5, 5.41) is 0. The van der Waals surface area contributed by atoms with Gasteiger partial charge in [0.2, 0.25) is 5.75 Å². The fraction of sp³-hybridized carbons (Fsp3) is 0.333. The van der Waals surface area contributed by atoms with Gasteiger partial charge in [-0.3, -0.25) is 0 Å². The molecule has 0 saturated heterocycles. The summed E-state index contributed by atoms with van der Waals surface area (Å²) in [7, 11) is 5.13. The molecule has 0 unspecified atom stereocenters. The Balaban J connectivity index is 2.87. The Hall–Kier alpha value is -1.10. The van der Waals surface area contributed by atoms with Crippen molar-refractivity contribution in [3.8, 4) is 5.75 Å². The SMILES string of the molecule is CN(C)C(=O)Oc1ccc[n+](C)c1Br. The van der Waals surface area contributed by atoms with E-state index in [0.29, 0.717) is 5.75 Å². The summed E-state index contributed by atoms with van der Waals surface area (Å²) in [4.78, 5) is 12.6. The van der Waals surface area contributed by atoms with Crippen LogP contribution in [0, 0.1) is 0 Å². The van der Waals surface area contributed by atoms with Crippen LogP contribution in [0.4, 0.5) is 4.79 Å². The predicted octanol–water partition coefficient (Wildman–Crippen LogP) is 1.33. The Labute approximate surface area is 91.2 Å². The summed E-state index contributed by atoms with van der Waals surface area (Å²) in [6, 6.07) is 3.54. The van der Waals surface area contributed by atoms with Gasteiger partial charge in [-0.2, -0.15) is 4.57 Å². The van der Waals surface area contributed by atoms with Crippen molar-refractivity contribution in [3.05, 3.63) is 22.9 Å². The Morgan fingerprint density at radius 1 is 1.57 bits per heavy atom. The average Bonchev–Trinajstić information content (AvgIpc) is 2.12. The first kappa shape index (κ1) is 11.0. The lowest BCUT2D eigenvalue weighted by atomic mass is 10.4. The largest absolute Gasteiger partial charge is 0.414 e. The summed E-state index contributed by atoms with van der Waals surface area (Å²) in [6.45, 7) is 0. The number of halogens is 1. The zero-order chi connectivity index (χ0) is 10.7. The van der Waals surface area contributed by atoms with Crippen LogP contribution in [0.25, 0.3) is 0 Å². The number of pyridine rings is 1. The zero-order valence-corrected chi connectivity index (χ0v) is 9.91. The number of aryl methyl sites for hydroxylation is 1. The van der Waals surface area contributed by atoms with Crippen LogP contribution in [0.15, 0.2) is 22.9 Å². The average molecular weight is 260 g/mol. The van der Waals surface area contributed by atoms with Gasteiger partial charge in [0, 0.05) is 36.1 Å². The van der Waals surface area contributed by atoms with Gasteiger partial charge in [0.1, 0.15) is 7.05 Å². The van der Waals surface area contributed by atoms with E-state index in [2.05, 4.69) is 15.9 Å². The molecule has 0 N–H and O–H groups in total. The molecule has 0 saturated carbocycles. The number of hydrogen-bond acceptors (Lipinski definition) is 2. The maximum Gasteiger partial charge on any atom is 0.414 e. The molecular formula is C9H12BrN2O2+. The Morgan fingerprint density at radius 3 is 2.79 bits per heavy atom. The minimum Gasteiger partial charge on any atom is -0.402 e. The summed E-state index contributed by atoms with van der Waals surface area (Å²) in [5.74, 6) is 0.508. The molecule has 0 bridgehead atoms. The van der Waals surface area contributed by atoms with Crippen LogP contribution in [0.1, 0.15) is 0 Å². The van der Waals surface area contributed by atoms with E-state index in [0.717, 1.165) is 4.60 Å². The molecule has 0 fully saturated rings. The Kier molecular flexibility index (Phi) is 3.46. The minimum atomic E-state index is -0.392. The van der Waals surface area contributed by atoms with Gasteiger partial charge in [-0.15, -0.1) is 0 Å². The zero-order valence-electron chi connectivity index (χ0n) is 8.32. The van der Waals surface area contributed by atoms with Crippen molar-refractivity contribution in [1.29, 1.82) is 0 Å². The van der Waals surface area contributed by atoms with E-state index in [-0.39, 0.29) is 0 Å². The Morgan fingerprint density at radius 2 is 2.21 bits per heavy atom. The number of carbonyl (C=O) groups is 1. The minimum absolute atomic E-state index is 0.392. The van der Waals surface area contributed by atoms with E-state index in [1.54, 1.807) is 20.2 Å². The number of carbonyl (C=O) groups excluding carboxylic acids is 1. The molecule has 0 radical (unpaired) electrons. The third-order valence-electron chi connectivity index (χ3n) is 1.63. The molecule has 5 heteroatoms. The Bertz CT molecular complexity index is 353. The number of amides is 1. The second kappa shape index (κ2) is 4.41. The fourth-order valence-electron chi connectivity index (χ4n) is 0.829. The first-order chi connectivity index (χ1) is 6.52. The monoisotopic (exact) mass is 259 g/mol. The number of nitrogens with zero attached hydrogens (tertiary/aromatic N) is 2. The lowest BCUT2D eigenvalue weighted by molar-refractivity contribution is -0.682. The van der Waals surface area contributed by atoms with Crippen LogP contribution in [0.3, 0.4) is 0 Å². The van der Waals surface area contributed by atoms with Crippen LogP contribution < -0.4 is 9.30 Å². The van der Waals surface area contributed by atoms with E-state index in [1.807, 2.05) is 23.9 Å². The summed E-state index contributed by atoms with van der Waals surface area (Å²) in [5.41, 5.74) is 0. The summed E-state index contributed by atoms with van der Waals surface area (Å²) in [6.07, 6.45) is 1.47. The van der Waals surface area contributed by atoms with Gasteiger partial charge < -0.3 is 9.64 Å². The molecule has 1 rings (SSSR count). The fourth-order valence-corrected chi connectivity index (χ4v) is 1.16. The summed E-state index contributed by atoms with van der Waals surface area (Å²) >= 11 is 3.33. The molecule has 14 heavy (non-hydrogen) atoms. The molecule has 1 amide bonds.